The highest BCUT2D eigenvalue weighted by Crippen LogP contribution is 2.31. The van der Waals surface area contributed by atoms with E-state index in [1.807, 2.05) is 13.0 Å². The second-order valence-corrected chi connectivity index (χ2v) is 4.26. The lowest BCUT2D eigenvalue weighted by Gasteiger charge is -2.05. The average Bonchev–Trinajstić information content (AvgIpc) is 2.57. The van der Waals surface area contributed by atoms with Crippen molar-refractivity contribution in [3.05, 3.63) is 29.0 Å². The van der Waals surface area contributed by atoms with Gasteiger partial charge in [-0.3, -0.25) is 4.79 Å². The van der Waals surface area contributed by atoms with E-state index in [4.69, 9.17) is 11.6 Å². The van der Waals surface area contributed by atoms with Crippen LogP contribution in [0.4, 0.5) is 5.82 Å². The summed E-state index contributed by atoms with van der Waals surface area (Å²) < 4.78 is 0. The highest BCUT2D eigenvalue weighted by Gasteiger charge is 2.15. The third kappa shape index (κ3) is 2.71. The maximum Gasteiger partial charge on any atom is 0.222 e. The Morgan fingerprint density at radius 3 is 2.88 bits per heavy atom. The Morgan fingerprint density at radius 1 is 1.53 bits per heavy atom. The molecular formula is C12H12ClN3O. The minimum Gasteiger partial charge on any atom is -0.311 e. The van der Waals surface area contributed by atoms with Crippen LogP contribution in [0.1, 0.15) is 25.8 Å². The Morgan fingerprint density at radius 2 is 2.29 bits per heavy atom. The summed E-state index contributed by atoms with van der Waals surface area (Å²) in [7, 11) is 0. The molecule has 1 N–H and O–H groups in total. The zero-order valence-corrected chi connectivity index (χ0v) is 10.4. The fourth-order valence-electron chi connectivity index (χ4n) is 1.69. The van der Waals surface area contributed by atoms with Crippen molar-refractivity contribution in [3.8, 4) is 0 Å². The van der Waals surface area contributed by atoms with Crippen LogP contribution in [0.5, 0.6) is 0 Å². The molecule has 0 bridgehead atoms. The summed E-state index contributed by atoms with van der Waals surface area (Å²) in [5.41, 5.74) is 2.90. The number of aromatic nitrogens is 1. The van der Waals surface area contributed by atoms with Crippen LogP contribution >= 0.6 is 11.6 Å². The highest BCUT2D eigenvalue weighted by molar-refractivity contribution is 6.34. The lowest BCUT2D eigenvalue weighted by Crippen LogP contribution is -2.07. The summed E-state index contributed by atoms with van der Waals surface area (Å²) in [5.74, 6) is 0.380. The zero-order chi connectivity index (χ0) is 12.4. The molecule has 0 radical (unpaired) electrons. The molecule has 0 saturated heterocycles. The number of rotatable bonds is 2. The zero-order valence-electron chi connectivity index (χ0n) is 9.62. The fourth-order valence-corrected chi connectivity index (χ4v) is 2.01. The summed E-state index contributed by atoms with van der Waals surface area (Å²) >= 11 is 6.05. The molecule has 1 aromatic heterocycles. The van der Waals surface area contributed by atoms with Gasteiger partial charge in [0.1, 0.15) is 11.0 Å². The first kappa shape index (κ1) is 11.8. The van der Waals surface area contributed by atoms with Crippen molar-refractivity contribution in [2.24, 2.45) is 4.99 Å². The number of anilines is 1. The predicted octanol–water partition coefficient (Wildman–Crippen LogP) is 2.81. The number of carbonyl (C=O) groups excluding carboxylic acids is 1. The van der Waals surface area contributed by atoms with Crippen molar-refractivity contribution in [1.82, 2.24) is 4.98 Å². The number of nitrogens with zero attached hydrogens (tertiary/aromatic N) is 2. The van der Waals surface area contributed by atoms with Crippen LogP contribution < -0.4 is 5.32 Å². The van der Waals surface area contributed by atoms with E-state index >= 15 is 0 Å². The van der Waals surface area contributed by atoms with Gasteiger partial charge in [-0.15, -0.1) is 0 Å². The minimum atomic E-state index is -0.145. The molecule has 0 atom stereocenters. The molecule has 4 nitrogen and oxygen atoms in total. The molecule has 17 heavy (non-hydrogen) atoms. The summed E-state index contributed by atoms with van der Waals surface area (Å²) in [6.07, 6.45) is 2.38. The van der Waals surface area contributed by atoms with Gasteiger partial charge >= 0.3 is 0 Å². The van der Waals surface area contributed by atoms with Crippen LogP contribution in [0.3, 0.4) is 0 Å². The Balaban J connectivity index is 2.29. The second-order valence-electron chi connectivity index (χ2n) is 3.90. The van der Waals surface area contributed by atoms with Gasteiger partial charge in [-0.05, 0) is 24.6 Å². The number of halogens is 1. The predicted molar refractivity (Wildman–Crippen MR) is 69.0 cm³/mol. The van der Waals surface area contributed by atoms with E-state index in [1.165, 1.54) is 6.92 Å². The average molecular weight is 250 g/mol. The van der Waals surface area contributed by atoms with E-state index in [0.29, 0.717) is 11.0 Å². The van der Waals surface area contributed by atoms with Crippen molar-refractivity contribution in [1.29, 1.82) is 0 Å². The topological polar surface area (TPSA) is 54.4 Å². The van der Waals surface area contributed by atoms with Crippen LogP contribution in [0, 0.1) is 0 Å². The van der Waals surface area contributed by atoms with Gasteiger partial charge < -0.3 is 5.32 Å². The molecule has 1 aromatic rings. The van der Waals surface area contributed by atoms with Crippen LogP contribution in [0.2, 0.25) is 0 Å². The summed E-state index contributed by atoms with van der Waals surface area (Å²) in [4.78, 5) is 19.2. The molecule has 0 fully saturated rings. The number of pyridine rings is 1. The molecule has 0 aliphatic carbocycles. The first-order valence-corrected chi connectivity index (χ1v) is 5.61. The molecule has 2 heterocycles. The van der Waals surface area contributed by atoms with Crippen molar-refractivity contribution in [2.75, 3.05) is 5.32 Å². The molecule has 1 aliphatic heterocycles. The molecule has 1 aliphatic rings. The van der Waals surface area contributed by atoms with Gasteiger partial charge in [-0.2, -0.15) is 0 Å². The van der Waals surface area contributed by atoms with E-state index in [0.717, 1.165) is 23.3 Å². The molecule has 1 amide bonds. The molecule has 2 rings (SSSR count). The van der Waals surface area contributed by atoms with E-state index in [2.05, 4.69) is 15.3 Å². The SMILES string of the molecule is CC(=O)Nc1cc(C2=C(Cl)N=C(C)C2)ccn1. The maximum atomic E-state index is 11.0. The smallest absolute Gasteiger partial charge is 0.222 e. The largest absolute Gasteiger partial charge is 0.311 e. The van der Waals surface area contributed by atoms with Crippen molar-refractivity contribution < 1.29 is 4.79 Å². The van der Waals surface area contributed by atoms with Crippen molar-refractivity contribution >= 4 is 34.6 Å². The summed E-state index contributed by atoms with van der Waals surface area (Å²) in [6.45, 7) is 3.38. The Bertz CT molecular complexity index is 534. The maximum absolute atomic E-state index is 11.0. The van der Waals surface area contributed by atoms with E-state index in [-0.39, 0.29) is 5.91 Å². The first-order valence-electron chi connectivity index (χ1n) is 5.23. The molecule has 0 saturated carbocycles. The van der Waals surface area contributed by atoms with E-state index in [9.17, 15) is 4.79 Å². The van der Waals surface area contributed by atoms with Gasteiger partial charge in [-0.1, -0.05) is 11.6 Å². The van der Waals surface area contributed by atoms with Crippen LogP contribution in [-0.2, 0) is 4.79 Å². The third-order valence-electron chi connectivity index (χ3n) is 2.38. The summed E-state index contributed by atoms with van der Waals surface area (Å²) in [6, 6.07) is 3.66. The molecule has 0 unspecified atom stereocenters. The number of nitrogens with one attached hydrogen (secondary N) is 1. The molecule has 0 aromatic carbocycles. The van der Waals surface area contributed by atoms with Crippen molar-refractivity contribution in [2.45, 2.75) is 20.3 Å². The number of hydrogen-bond donors (Lipinski definition) is 1. The lowest BCUT2D eigenvalue weighted by atomic mass is 10.0. The Kier molecular flexibility index (Phi) is 3.24. The number of hydrogen-bond acceptors (Lipinski definition) is 3. The van der Waals surface area contributed by atoms with Gasteiger partial charge in [0.2, 0.25) is 5.91 Å². The van der Waals surface area contributed by atoms with Gasteiger partial charge in [0, 0.05) is 30.8 Å². The van der Waals surface area contributed by atoms with Gasteiger partial charge in [-0.25, -0.2) is 9.98 Å². The van der Waals surface area contributed by atoms with E-state index < -0.39 is 0 Å². The molecule has 88 valence electrons. The van der Waals surface area contributed by atoms with Crippen LogP contribution in [0.25, 0.3) is 5.57 Å². The fraction of sp³-hybridized carbons (Fsp3) is 0.250. The van der Waals surface area contributed by atoms with Crippen LogP contribution in [-0.4, -0.2) is 16.6 Å². The monoisotopic (exact) mass is 249 g/mol. The number of carbonyl (C=O) groups is 1. The van der Waals surface area contributed by atoms with Gasteiger partial charge in [0.15, 0.2) is 0 Å². The quantitative estimate of drug-likeness (QED) is 0.820. The molecule has 0 spiro atoms. The molecule has 5 heteroatoms. The highest BCUT2D eigenvalue weighted by atomic mass is 35.5. The van der Waals surface area contributed by atoms with Crippen LogP contribution in [0.15, 0.2) is 28.5 Å². The second kappa shape index (κ2) is 4.67. The minimum absolute atomic E-state index is 0.145. The normalized spacial score (nSPS) is 14.9. The molecular weight excluding hydrogens is 238 g/mol. The number of amides is 1. The first-order chi connectivity index (χ1) is 8.06. The Hall–Kier alpha value is -1.68. The van der Waals surface area contributed by atoms with Gasteiger partial charge in [0.05, 0.1) is 0 Å². The number of aliphatic imine (C=N–C) groups is 1. The number of allylic oxidation sites excluding steroid dienone is 1. The standard InChI is InChI=1S/C12H12ClN3O/c1-7-5-10(12(13)15-7)9-3-4-14-11(6-9)16-8(2)17/h3-4,6H,5H2,1-2H3,(H,14,16,17). The van der Waals surface area contributed by atoms with Gasteiger partial charge in [0.25, 0.3) is 0 Å². The lowest BCUT2D eigenvalue weighted by molar-refractivity contribution is -0.114. The van der Waals surface area contributed by atoms with E-state index in [1.54, 1.807) is 12.3 Å². The summed E-state index contributed by atoms with van der Waals surface area (Å²) in [5, 5.41) is 3.16. The third-order valence-corrected chi connectivity index (χ3v) is 2.70. The van der Waals surface area contributed by atoms with Crippen molar-refractivity contribution in [3.63, 3.8) is 0 Å². The Labute approximate surface area is 104 Å².